The lowest BCUT2D eigenvalue weighted by molar-refractivity contribution is -0.137. The third-order valence-corrected chi connectivity index (χ3v) is 2.35. The fourth-order valence-corrected chi connectivity index (χ4v) is 1.45. The Balaban J connectivity index is 2.39. The monoisotopic (exact) mass is 307 g/mol. The number of aryl methyl sites for hydroxylation is 1. The SMILES string of the molecule is NC(=NCC(F)(F)F)Nc1ccn(CCCCC(=O)O)n1. The summed E-state index contributed by atoms with van der Waals surface area (Å²) in [5.74, 6) is -0.952. The zero-order chi connectivity index (χ0) is 15.9. The highest BCUT2D eigenvalue weighted by Crippen LogP contribution is 2.14. The second kappa shape index (κ2) is 7.50. The van der Waals surface area contributed by atoms with Crippen LogP contribution in [0.4, 0.5) is 19.0 Å². The molecule has 0 aliphatic rings. The number of nitrogens with one attached hydrogen (secondary N) is 1. The summed E-state index contributed by atoms with van der Waals surface area (Å²) < 4.78 is 37.4. The van der Waals surface area contributed by atoms with Crippen molar-refractivity contribution in [3.8, 4) is 0 Å². The van der Waals surface area contributed by atoms with E-state index in [4.69, 9.17) is 10.8 Å². The summed E-state index contributed by atoms with van der Waals surface area (Å²) in [6.07, 6.45) is -1.56. The lowest BCUT2D eigenvalue weighted by Crippen LogP contribution is -2.25. The summed E-state index contributed by atoms with van der Waals surface area (Å²) in [6, 6.07) is 1.53. The Labute approximate surface area is 118 Å². The fourth-order valence-electron chi connectivity index (χ4n) is 1.45. The minimum absolute atomic E-state index is 0.0867. The van der Waals surface area contributed by atoms with Gasteiger partial charge in [-0.3, -0.25) is 9.48 Å². The number of anilines is 1. The van der Waals surface area contributed by atoms with Gasteiger partial charge in [0.25, 0.3) is 0 Å². The largest absolute Gasteiger partial charge is 0.481 e. The van der Waals surface area contributed by atoms with Crippen molar-refractivity contribution < 1.29 is 23.1 Å². The Morgan fingerprint density at radius 1 is 1.48 bits per heavy atom. The van der Waals surface area contributed by atoms with E-state index in [0.717, 1.165) is 0 Å². The van der Waals surface area contributed by atoms with Crippen LogP contribution in [0.1, 0.15) is 19.3 Å². The number of nitrogens with zero attached hydrogens (tertiary/aromatic N) is 3. The number of carboxylic acids is 1. The van der Waals surface area contributed by atoms with Gasteiger partial charge in [0.15, 0.2) is 11.8 Å². The Hall–Kier alpha value is -2.26. The fraction of sp³-hybridized carbons (Fsp3) is 0.545. The molecule has 0 saturated heterocycles. The molecule has 0 aromatic carbocycles. The first-order valence-electron chi connectivity index (χ1n) is 6.15. The van der Waals surface area contributed by atoms with Gasteiger partial charge in [-0.1, -0.05) is 0 Å². The van der Waals surface area contributed by atoms with Crippen molar-refractivity contribution in [2.45, 2.75) is 32.0 Å². The molecule has 0 radical (unpaired) electrons. The number of unbranched alkanes of at least 4 members (excludes halogenated alkanes) is 1. The van der Waals surface area contributed by atoms with Crippen LogP contribution in [0.2, 0.25) is 0 Å². The van der Waals surface area contributed by atoms with Crippen LogP contribution >= 0.6 is 0 Å². The van der Waals surface area contributed by atoms with E-state index >= 15 is 0 Å². The summed E-state index contributed by atoms with van der Waals surface area (Å²) in [5, 5.41) is 15.0. The number of aromatic nitrogens is 2. The molecule has 0 aliphatic carbocycles. The van der Waals surface area contributed by atoms with Gasteiger partial charge in [-0.05, 0) is 12.8 Å². The lowest BCUT2D eigenvalue weighted by Gasteiger charge is -2.04. The van der Waals surface area contributed by atoms with Crippen LogP contribution in [0.5, 0.6) is 0 Å². The molecule has 1 aromatic heterocycles. The molecule has 1 aromatic rings. The van der Waals surface area contributed by atoms with Gasteiger partial charge in [-0.15, -0.1) is 0 Å². The first kappa shape index (κ1) is 16.8. The molecule has 0 atom stereocenters. The molecule has 10 heteroatoms. The van der Waals surface area contributed by atoms with E-state index in [9.17, 15) is 18.0 Å². The first-order valence-corrected chi connectivity index (χ1v) is 6.15. The smallest absolute Gasteiger partial charge is 0.408 e. The van der Waals surface area contributed by atoms with E-state index in [2.05, 4.69) is 15.4 Å². The van der Waals surface area contributed by atoms with E-state index in [1.165, 1.54) is 6.07 Å². The van der Waals surface area contributed by atoms with Crippen LogP contribution in [0.25, 0.3) is 0 Å². The van der Waals surface area contributed by atoms with Crippen molar-refractivity contribution in [3.05, 3.63) is 12.3 Å². The third-order valence-electron chi connectivity index (χ3n) is 2.35. The average Bonchev–Trinajstić information content (AvgIpc) is 2.79. The van der Waals surface area contributed by atoms with Crippen molar-refractivity contribution >= 4 is 17.7 Å². The van der Waals surface area contributed by atoms with Gasteiger partial charge in [-0.25, -0.2) is 4.99 Å². The molecule has 0 spiro atoms. The zero-order valence-electron chi connectivity index (χ0n) is 11.1. The summed E-state index contributed by atoms with van der Waals surface area (Å²) in [4.78, 5) is 13.5. The van der Waals surface area contributed by atoms with E-state index in [0.29, 0.717) is 19.4 Å². The molecular weight excluding hydrogens is 291 g/mol. The first-order chi connectivity index (χ1) is 9.76. The normalized spacial score (nSPS) is 12.4. The van der Waals surface area contributed by atoms with Crippen LogP contribution in [-0.4, -0.2) is 39.5 Å². The molecule has 0 amide bonds. The standard InChI is InChI=1S/C11H16F3N5O2/c12-11(13,14)7-16-10(15)17-8-4-6-19(18-8)5-2-1-3-9(20)21/h4,6H,1-3,5,7H2,(H,20,21)(H3,15,16,17,18). The van der Waals surface area contributed by atoms with E-state index < -0.39 is 18.7 Å². The number of hydrogen-bond donors (Lipinski definition) is 3. The summed E-state index contributed by atoms with van der Waals surface area (Å²) in [6.45, 7) is -0.851. The number of aliphatic carboxylic acids is 1. The number of nitrogens with two attached hydrogens (primary N) is 1. The number of guanidine groups is 1. The molecular formula is C11H16F3N5O2. The molecule has 21 heavy (non-hydrogen) atoms. The van der Waals surface area contributed by atoms with Crippen molar-refractivity contribution in [3.63, 3.8) is 0 Å². The Morgan fingerprint density at radius 3 is 2.81 bits per heavy atom. The van der Waals surface area contributed by atoms with Crippen LogP contribution in [0.15, 0.2) is 17.3 Å². The highest BCUT2D eigenvalue weighted by Gasteiger charge is 2.26. The number of rotatable bonds is 7. The van der Waals surface area contributed by atoms with Gasteiger partial charge >= 0.3 is 12.1 Å². The van der Waals surface area contributed by atoms with Crippen LogP contribution in [0.3, 0.4) is 0 Å². The van der Waals surface area contributed by atoms with Crippen molar-refractivity contribution in [1.82, 2.24) is 9.78 Å². The molecule has 0 fully saturated rings. The zero-order valence-corrected chi connectivity index (χ0v) is 11.1. The highest BCUT2D eigenvalue weighted by molar-refractivity contribution is 5.91. The molecule has 0 unspecified atom stereocenters. The highest BCUT2D eigenvalue weighted by atomic mass is 19.4. The summed E-state index contributed by atoms with van der Waals surface area (Å²) in [7, 11) is 0. The van der Waals surface area contributed by atoms with Crippen molar-refractivity contribution in [2.75, 3.05) is 11.9 Å². The van der Waals surface area contributed by atoms with Gasteiger partial charge in [0, 0.05) is 25.2 Å². The number of aliphatic imine (C=N–C) groups is 1. The number of carboxylic acid groups (broad SMARTS) is 1. The maximum atomic E-state index is 11.9. The molecule has 0 saturated carbocycles. The van der Waals surface area contributed by atoms with Crippen molar-refractivity contribution in [1.29, 1.82) is 0 Å². The van der Waals surface area contributed by atoms with Crippen LogP contribution < -0.4 is 11.1 Å². The average molecular weight is 307 g/mol. The molecule has 118 valence electrons. The Morgan fingerprint density at radius 2 is 2.19 bits per heavy atom. The number of hydrogen-bond acceptors (Lipinski definition) is 3. The summed E-state index contributed by atoms with van der Waals surface area (Å²) >= 11 is 0. The molecule has 1 heterocycles. The van der Waals surface area contributed by atoms with Crippen LogP contribution in [0, 0.1) is 0 Å². The maximum absolute atomic E-state index is 11.9. The second-order valence-corrected chi connectivity index (χ2v) is 4.26. The second-order valence-electron chi connectivity index (χ2n) is 4.26. The number of carbonyl (C=O) groups is 1. The van der Waals surface area contributed by atoms with Gasteiger partial charge < -0.3 is 16.2 Å². The number of halogens is 3. The van der Waals surface area contributed by atoms with Gasteiger partial charge in [0.2, 0.25) is 0 Å². The number of alkyl halides is 3. The molecule has 4 N–H and O–H groups in total. The van der Waals surface area contributed by atoms with Gasteiger partial charge in [0.05, 0.1) is 0 Å². The molecule has 7 nitrogen and oxygen atoms in total. The maximum Gasteiger partial charge on any atom is 0.408 e. The molecule has 1 rings (SSSR count). The Bertz CT molecular complexity index is 498. The van der Waals surface area contributed by atoms with E-state index in [-0.39, 0.29) is 18.2 Å². The third kappa shape index (κ3) is 7.80. The predicted molar refractivity (Wildman–Crippen MR) is 69.9 cm³/mol. The minimum atomic E-state index is -4.41. The Kier molecular flexibility index (Phi) is 6.00. The van der Waals surface area contributed by atoms with Crippen LogP contribution in [-0.2, 0) is 11.3 Å². The van der Waals surface area contributed by atoms with E-state index in [1.54, 1.807) is 10.9 Å². The summed E-state index contributed by atoms with van der Waals surface area (Å²) in [5.41, 5.74) is 5.30. The quantitative estimate of drug-likeness (QED) is 0.401. The lowest BCUT2D eigenvalue weighted by atomic mass is 10.2. The topological polar surface area (TPSA) is 106 Å². The predicted octanol–water partition coefficient (Wildman–Crippen LogP) is 1.43. The molecule has 0 bridgehead atoms. The minimum Gasteiger partial charge on any atom is -0.481 e. The van der Waals surface area contributed by atoms with Gasteiger partial charge in [-0.2, -0.15) is 18.3 Å². The van der Waals surface area contributed by atoms with Gasteiger partial charge in [0.1, 0.15) is 6.54 Å². The van der Waals surface area contributed by atoms with E-state index in [1.807, 2.05) is 0 Å². The molecule has 0 aliphatic heterocycles. The van der Waals surface area contributed by atoms with Crippen molar-refractivity contribution in [2.24, 2.45) is 10.7 Å².